The fraction of sp³-hybridized carbons (Fsp3) is 0.350. The van der Waals surface area contributed by atoms with Gasteiger partial charge >= 0.3 is 6.03 Å². The Morgan fingerprint density at radius 1 is 1.18 bits per heavy atom. The highest BCUT2D eigenvalue weighted by molar-refractivity contribution is 6.30. The van der Waals surface area contributed by atoms with Crippen molar-refractivity contribution in [3.8, 4) is 0 Å². The van der Waals surface area contributed by atoms with Crippen LogP contribution in [0.1, 0.15) is 24.9 Å². The van der Waals surface area contributed by atoms with Crippen molar-refractivity contribution in [1.29, 1.82) is 0 Å². The Kier molecular flexibility index (Phi) is 6.36. The van der Waals surface area contributed by atoms with Crippen LogP contribution in [0.4, 0.5) is 16.2 Å². The first-order chi connectivity index (χ1) is 13.5. The number of benzene rings is 2. The maximum absolute atomic E-state index is 12.7. The average molecular weight is 403 g/mol. The smallest absolute Gasteiger partial charge is 0.318 e. The van der Waals surface area contributed by atoms with Crippen LogP contribution in [0.2, 0.25) is 5.02 Å². The number of urea groups is 1. The lowest BCUT2D eigenvalue weighted by Crippen LogP contribution is -2.52. The van der Waals surface area contributed by atoms with Gasteiger partial charge in [0.1, 0.15) is 0 Å². The van der Waals surface area contributed by atoms with Gasteiger partial charge in [-0.15, -0.1) is 0 Å². The minimum Gasteiger partial charge on any atom is -0.368 e. The highest BCUT2D eigenvalue weighted by Crippen LogP contribution is 2.22. The summed E-state index contributed by atoms with van der Waals surface area (Å²) in [6.07, 6.45) is 0.773. The van der Waals surface area contributed by atoms with Crippen molar-refractivity contribution in [2.75, 3.05) is 31.1 Å². The van der Waals surface area contributed by atoms with Gasteiger partial charge in [-0.25, -0.2) is 4.79 Å². The lowest BCUT2D eigenvalue weighted by Gasteiger charge is -2.36. The van der Waals surface area contributed by atoms with Crippen LogP contribution >= 0.6 is 11.6 Å². The molecular formula is C20H23ClN4O3. The van der Waals surface area contributed by atoms with Gasteiger partial charge in [0.25, 0.3) is 5.69 Å². The van der Waals surface area contributed by atoms with Crippen LogP contribution < -0.4 is 10.2 Å². The minimum atomic E-state index is -0.407. The summed E-state index contributed by atoms with van der Waals surface area (Å²) in [5.74, 6) is 0. The quantitative estimate of drug-likeness (QED) is 0.599. The van der Waals surface area contributed by atoms with E-state index in [-0.39, 0.29) is 17.8 Å². The van der Waals surface area contributed by atoms with E-state index in [2.05, 4.69) is 10.2 Å². The number of carbonyl (C=O) groups is 1. The molecule has 1 N–H and O–H groups in total. The van der Waals surface area contributed by atoms with E-state index < -0.39 is 4.92 Å². The van der Waals surface area contributed by atoms with Gasteiger partial charge < -0.3 is 15.1 Å². The van der Waals surface area contributed by atoms with Gasteiger partial charge in [0.15, 0.2) is 0 Å². The molecule has 0 aromatic heterocycles. The maximum atomic E-state index is 12.7. The molecule has 3 rings (SSSR count). The number of hydrogen-bond donors (Lipinski definition) is 1. The summed E-state index contributed by atoms with van der Waals surface area (Å²) in [5, 5.41) is 14.5. The number of nitrogens with one attached hydrogen (secondary N) is 1. The molecule has 8 heteroatoms. The fourth-order valence-electron chi connectivity index (χ4n) is 3.34. The zero-order valence-corrected chi connectivity index (χ0v) is 16.4. The van der Waals surface area contributed by atoms with Gasteiger partial charge in [-0.1, -0.05) is 30.7 Å². The number of halogens is 1. The zero-order valence-electron chi connectivity index (χ0n) is 15.7. The van der Waals surface area contributed by atoms with Crippen LogP contribution in [0.5, 0.6) is 0 Å². The fourth-order valence-corrected chi connectivity index (χ4v) is 3.54. The first-order valence-corrected chi connectivity index (χ1v) is 9.66. The molecule has 1 aliphatic heterocycles. The Morgan fingerprint density at radius 3 is 2.43 bits per heavy atom. The molecule has 0 spiro atoms. The summed E-state index contributed by atoms with van der Waals surface area (Å²) < 4.78 is 0. The monoisotopic (exact) mass is 402 g/mol. The van der Waals surface area contributed by atoms with Crippen LogP contribution in [0.15, 0.2) is 48.5 Å². The normalized spacial score (nSPS) is 15.2. The predicted octanol–water partition coefficient (Wildman–Crippen LogP) is 4.23. The number of hydrogen-bond acceptors (Lipinski definition) is 4. The summed E-state index contributed by atoms with van der Waals surface area (Å²) >= 11 is 6.07. The zero-order chi connectivity index (χ0) is 20.1. The van der Waals surface area contributed by atoms with E-state index in [9.17, 15) is 14.9 Å². The second kappa shape index (κ2) is 8.93. The number of anilines is 1. The molecule has 2 aromatic rings. The second-order valence-electron chi connectivity index (χ2n) is 6.71. The molecule has 1 heterocycles. The first-order valence-electron chi connectivity index (χ1n) is 9.28. The van der Waals surface area contributed by atoms with E-state index in [1.165, 1.54) is 12.1 Å². The third-order valence-corrected chi connectivity index (χ3v) is 5.18. The van der Waals surface area contributed by atoms with Crippen LogP contribution in [0, 0.1) is 10.1 Å². The standard InChI is InChI=1S/C20H23ClN4O3/c1-2-19(15-4-3-5-16(21)14-15)22-20(26)24-12-10-23(11-13-24)17-6-8-18(9-7-17)25(27)28/h3-9,14,19H,2,10-13H2,1H3,(H,22,26). The Balaban J connectivity index is 1.56. The van der Waals surface area contributed by atoms with Crippen molar-refractivity contribution < 1.29 is 9.72 Å². The van der Waals surface area contributed by atoms with Crippen molar-refractivity contribution in [3.63, 3.8) is 0 Å². The largest absolute Gasteiger partial charge is 0.368 e. The van der Waals surface area contributed by atoms with Crippen LogP contribution in [0.3, 0.4) is 0 Å². The molecule has 1 fully saturated rings. The van der Waals surface area contributed by atoms with Gasteiger partial charge in [0.05, 0.1) is 11.0 Å². The molecule has 0 aliphatic carbocycles. The Bertz CT molecular complexity index is 836. The molecule has 0 radical (unpaired) electrons. The van der Waals surface area contributed by atoms with Crippen molar-refractivity contribution in [2.45, 2.75) is 19.4 Å². The highest BCUT2D eigenvalue weighted by Gasteiger charge is 2.23. The SMILES string of the molecule is CCC(NC(=O)N1CCN(c2ccc([N+](=O)[O-])cc2)CC1)c1cccc(Cl)c1. The van der Waals surface area contributed by atoms with Crippen LogP contribution in [-0.2, 0) is 0 Å². The van der Waals surface area contributed by atoms with Crippen molar-refractivity contribution in [1.82, 2.24) is 10.2 Å². The lowest BCUT2D eigenvalue weighted by atomic mass is 10.0. The number of carbonyl (C=O) groups excluding carboxylic acids is 1. The molecule has 7 nitrogen and oxygen atoms in total. The number of amides is 2. The number of nitro benzene ring substituents is 1. The molecule has 0 saturated carbocycles. The summed E-state index contributed by atoms with van der Waals surface area (Å²) in [6, 6.07) is 13.9. The molecule has 1 saturated heterocycles. The number of non-ortho nitro benzene ring substituents is 1. The Labute approximate surface area is 169 Å². The molecule has 1 atom stereocenters. The van der Waals surface area contributed by atoms with E-state index in [1.54, 1.807) is 17.0 Å². The number of nitrogens with zero attached hydrogens (tertiary/aromatic N) is 3. The van der Waals surface area contributed by atoms with E-state index in [4.69, 9.17) is 11.6 Å². The van der Waals surface area contributed by atoms with E-state index >= 15 is 0 Å². The third-order valence-electron chi connectivity index (χ3n) is 4.95. The van der Waals surface area contributed by atoms with Gasteiger partial charge in [-0.2, -0.15) is 0 Å². The van der Waals surface area contributed by atoms with Gasteiger partial charge in [0, 0.05) is 49.0 Å². The number of nitro groups is 1. The van der Waals surface area contributed by atoms with Crippen LogP contribution in [-0.4, -0.2) is 42.0 Å². The summed E-state index contributed by atoms with van der Waals surface area (Å²) in [4.78, 5) is 27.0. The van der Waals surface area contributed by atoms with E-state index in [0.29, 0.717) is 31.2 Å². The Hall–Kier alpha value is -2.80. The minimum absolute atomic E-state index is 0.0772. The molecule has 1 unspecified atom stereocenters. The van der Waals surface area contributed by atoms with Gasteiger partial charge in [-0.05, 0) is 36.2 Å². The number of rotatable bonds is 5. The molecule has 0 bridgehead atoms. The predicted molar refractivity (Wildman–Crippen MR) is 110 cm³/mol. The highest BCUT2D eigenvalue weighted by atomic mass is 35.5. The molecule has 2 aromatic carbocycles. The lowest BCUT2D eigenvalue weighted by molar-refractivity contribution is -0.384. The van der Waals surface area contributed by atoms with Crippen molar-refractivity contribution in [3.05, 3.63) is 69.2 Å². The summed E-state index contributed by atoms with van der Waals surface area (Å²) in [5.41, 5.74) is 2.00. The van der Waals surface area contributed by atoms with Gasteiger partial charge in [-0.3, -0.25) is 10.1 Å². The molecule has 28 heavy (non-hydrogen) atoms. The maximum Gasteiger partial charge on any atom is 0.318 e. The average Bonchev–Trinajstić information content (AvgIpc) is 2.72. The molecule has 1 aliphatic rings. The van der Waals surface area contributed by atoms with Crippen molar-refractivity contribution in [2.24, 2.45) is 0 Å². The summed E-state index contributed by atoms with van der Waals surface area (Å²) in [6.45, 7) is 4.57. The first kappa shape index (κ1) is 19.9. The van der Waals surface area contributed by atoms with E-state index in [0.717, 1.165) is 17.7 Å². The number of piperazine rings is 1. The molecule has 2 amide bonds. The topological polar surface area (TPSA) is 78.7 Å². The Morgan fingerprint density at radius 2 is 1.86 bits per heavy atom. The molecular weight excluding hydrogens is 380 g/mol. The third kappa shape index (κ3) is 4.72. The summed E-state index contributed by atoms with van der Waals surface area (Å²) in [7, 11) is 0. The van der Waals surface area contributed by atoms with Crippen LogP contribution in [0.25, 0.3) is 0 Å². The van der Waals surface area contributed by atoms with Gasteiger partial charge in [0.2, 0.25) is 0 Å². The van der Waals surface area contributed by atoms with Crippen molar-refractivity contribution >= 4 is 29.0 Å². The molecule has 148 valence electrons. The second-order valence-corrected chi connectivity index (χ2v) is 7.15. The van der Waals surface area contributed by atoms with E-state index in [1.807, 2.05) is 31.2 Å².